The van der Waals surface area contributed by atoms with E-state index in [2.05, 4.69) is 5.32 Å². The van der Waals surface area contributed by atoms with Crippen LogP contribution in [0.1, 0.15) is 26.2 Å². The zero-order valence-corrected chi connectivity index (χ0v) is 7.76. The number of aliphatic carboxylic acids is 1. The summed E-state index contributed by atoms with van der Waals surface area (Å²) in [6.45, 7) is 2.31. The van der Waals surface area contributed by atoms with Gasteiger partial charge in [-0.15, -0.1) is 0 Å². The van der Waals surface area contributed by atoms with Crippen LogP contribution in [0, 0.1) is 0 Å². The van der Waals surface area contributed by atoms with Gasteiger partial charge in [0.15, 0.2) is 0 Å². The number of nitrogens with one attached hydrogen (secondary N) is 1. The Hall–Kier alpha value is -0.610. The minimum absolute atomic E-state index is 0.621. The van der Waals surface area contributed by atoms with E-state index in [0.717, 1.165) is 12.8 Å². The molecule has 0 aliphatic rings. The standard InChI is InChI=1S/C8H18N2O2/c1-8(10-2,7(11)12)5-3-4-6-9/h10H,3-6,9H2,1-2H3,(H,11,12)/t8-/m1/s1. The monoisotopic (exact) mass is 174 g/mol. The Bertz CT molecular complexity index is 150. The van der Waals surface area contributed by atoms with Gasteiger partial charge in [0.1, 0.15) is 5.54 Å². The van der Waals surface area contributed by atoms with Gasteiger partial charge >= 0.3 is 5.97 Å². The Morgan fingerprint density at radius 1 is 1.58 bits per heavy atom. The second-order valence-corrected chi connectivity index (χ2v) is 3.13. The van der Waals surface area contributed by atoms with Gasteiger partial charge in [-0.2, -0.15) is 0 Å². The summed E-state index contributed by atoms with van der Waals surface area (Å²) in [5.41, 5.74) is 4.51. The fourth-order valence-electron chi connectivity index (χ4n) is 0.962. The van der Waals surface area contributed by atoms with Crippen molar-refractivity contribution in [3.63, 3.8) is 0 Å². The van der Waals surface area contributed by atoms with Crippen molar-refractivity contribution in [1.82, 2.24) is 5.32 Å². The molecule has 12 heavy (non-hydrogen) atoms. The SMILES string of the molecule is CN[C@](C)(CCCCN)C(=O)O. The first-order valence-corrected chi connectivity index (χ1v) is 4.19. The molecule has 0 aliphatic heterocycles. The van der Waals surface area contributed by atoms with Crippen molar-refractivity contribution >= 4 is 5.97 Å². The molecule has 0 rings (SSSR count). The third kappa shape index (κ3) is 3.19. The second kappa shape index (κ2) is 5.11. The van der Waals surface area contributed by atoms with Crippen molar-refractivity contribution in [2.75, 3.05) is 13.6 Å². The van der Waals surface area contributed by atoms with Crippen LogP contribution in [0.15, 0.2) is 0 Å². The van der Waals surface area contributed by atoms with E-state index >= 15 is 0 Å². The Kier molecular flexibility index (Phi) is 4.85. The van der Waals surface area contributed by atoms with E-state index in [1.807, 2.05) is 0 Å². The highest BCUT2D eigenvalue weighted by Crippen LogP contribution is 2.12. The van der Waals surface area contributed by atoms with Crippen LogP contribution in [-0.2, 0) is 4.79 Å². The lowest BCUT2D eigenvalue weighted by Crippen LogP contribution is -2.47. The molecular formula is C8H18N2O2. The summed E-state index contributed by atoms with van der Waals surface area (Å²) in [6.07, 6.45) is 2.35. The van der Waals surface area contributed by atoms with Gasteiger partial charge < -0.3 is 16.2 Å². The maximum absolute atomic E-state index is 10.8. The summed E-state index contributed by atoms with van der Waals surface area (Å²) in [7, 11) is 1.66. The average Bonchev–Trinajstić information content (AvgIpc) is 2.04. The molecule has 0 amide bonds. The van der Waals surface area contributed by atoms with Gasteiger partial charge in [-0.3, -0.25) is 4.79 Å². The minimum Gasteiger partial charge on any atom is -0.480 e. The molecule has 0 aliphatic carbocycles. The van der Waals surface area contributed by atoms with E-state index in [1.165, 1.54) is 0 Å². The normalized spacial score (nSPS) is 15.6. The fraction of sp³-hybridized carbons (Fsp3) is 0.875. The Labute approximate surface area is 73.1 Å². The highest BCUT2D eigenvalue weighted by molar-refractivity contribution is 5.78. The van der Waals surface area contributed by atoms with Crippen molar-refractivity contribution in [3.8, 4) is 0 Å². The van der Waals surface area contributed by atoms with Crippen molar-refractivity contribution in [1.29, 1.82) is 0 Å². The average molecular weight is 174 g/mol. The number of unbranched alkanes of at least 4 members (excludes halogenated alkanes) is 1. The Morgan fingerprint density at radius 3 is 2.50 bits per heavy atom. The predicted octanol–water partition coefficient (Wildman–Crippen LogP) is 0.178. The topological polar surface area (TPSA) is 75.3 Å². The molecular weight excluding hydrogens is 156 g/mol. The summed E-state index contributed by atoms with van der Waals surface area (Å²) in [6, 6.07) is 0. The van der Waals surface area contributed by atoms with E-state index in [1.54, 1.807) is 14.0 Å². The summed E-state index contributed by atoms with van der Waals surface area (Å²) in [5, 5.41) is 11.6. The second-order valence-electron chi connectivity index (χ2n) is 3.13. The molecule has 72 valence electrons. The number of rotatable bonds is 6. The lowest BCUT2D eigenvalue weighted by molar-refractivity contribution is -0.144. The highest BCUT2D eigenvalue weighted by Gasteiger charge is 2.29. The zero-order valence-electron chi connectivity index (χ0n) is 7.76. The molecule has 0 fully saturated rings. The number of carboxylic acids is 1. The van der Waals surface area contributed by atoms with Gasteiger partial charge in [0.25, 0.3) is 0 Å². The summed E-state index contributed by atoms with van der Waals surface area (Å²) < 4.78 is 0. The van der Waals surface area contributed by atoms with E-state index < -0.39 is 11.5 Å². The van der Waals surface area contributed by atoms with Crippen LogP contribution < -0.4 is 11.1 Å². The number of carbonyl (C=O) groups is 1. The van der Waals surface area contributed by atoms with Gasteiger partial charge in [-0.25, -0.2) is 0 Å². The number of hydrogen-bond donors (Lipinski definition) is 3. The molecule has 0 bridgehead atoms. The van der Waals surface area contributed by atoms with Crippen LogP contribution >= 0.6 is 0 Å². The van der Waals surface area contributed by atoms with Gasteiger partial charge in [0.2, 0.25) is 0 Å². The maximum atomic E-state index is 10.8. The molecule has 0 aromatic rings. The molecule has 0 saturated carbocycles. The van der Waals surface area contributed by atoms with Crippen LogP contribution in [-0.4, -0.2) is 30.2 Å². The van der Waals surface area contributed by atoms with Crippen molar-refractivity contribution in [2.24, 2.45) is 5.73 Å². The Morgan fingerprint density at radius 2 is 2.17 bits per heavy atom. The number of nitrogens with two attached hydrogens (primary N) is 1. The molecule has 0 aromatic heterocycles. The highest BCUT2D eigenvalue weighted by atomic mass is 16.4. The van der Waals surface area contributed by atoms with Gasteiger partial charge in [-0.05, 0) is 39.8 Å². The van der Waals surface area contributed by atoms with Crippen molar-refractivity contribution < 1.29 is 9.90 Å². The minimum atomic E-state index is -0.804. The van der Waals surface area contributed by atoms with Gasteiger partial charge in [-0.1, -0.05) is 0 Å². The zero-order chi connectivity index (χ0) is 9.61. The molecule has 1 atom stereocenters. The van der Waals surface area contributed by atoms with Crippen LogP contribution in [0.4, 0.5) is 0 Å². The molecule has 4 N–H and O–H groups in total. The summed E-state index contributed by atoms with van der Waals surface area (Å²) in [5.74, 6) is -0.804. The maximum Gasteiger partial charge on any atom is 0.323 e. The van der Waals surface area contributed by atoms with Gasteiger partial charge in [0.05, 0.1) is 0 Å². The van der Waals surface area contributed by atoms with Gasteiger partial charge in [0, 0.05) is 0 Å². The molecule has 0 heterocycles. The smallest absolute Gasteiger partial charge is 0.323 e. The van der Waals surface area contributed by atoms with E-state index in [-0.39, 0.29) is 0 Å². The van der Waals surface area contributed by atoms with E-state index in [4.69, 9.17) is 10.8 Å². The first kappa shape index (κ1) is 11.4. The first-order chi connectivity index (χ1) is 5.56. The molecule has 0 spiro atoms. The number of carboxylic acid groups (broad SMARTS) is 1. The lowest BCUT2D eigenvalue weighted by Gasteiger charge is -2.23. The number of hydrogen-bond acceptors (Lipinski definition) is 3. The van der Waals surface area contributed by atoms with Crippen LogP contribution in [0.2, 0.25) is 0 Å². The summed E-state index contributed by atoms with van der Waals surface area (Å²) in [4.78, 5) is 10.8. The third-order valence-electron chi connectivity index (χ3n) is 2.15. The lowest BCUT2D eigenvalue weighted by atomic mass is 9.95. The largest absolute Gasteiger partial charge is 0.480 e. The molecule has 0 unspecified atom stereocenters. The quantitative estimate of drug-likeness (QED) is 0.502. The first-order valence-electron chi connectivity index (χ1n) is 4.19. The fourth-order valence-corrected chi connectivity index (χ4v) is 0.962. The molecule has 0 aromatic carbocycles. The predicted molar refractivity (Wildman–Crippen MR) is 48.0 cm³/mol. The Balaban J connectivity index is 3.88. The van der Waals surface area contributed by atoms with Crippen molar-refractivity contribution in [3.05, 3.63) is 0 Å². The van der Waals surface area contributed by atoms with Crippen LogP contribution in [0.25, 0.3) is 0 Å². The molecule has 4 heteroatoms. The number of likely N-dealkylation sites (N-methyl/N-ethyl adjacent to an activating group) is 1. The van der Waals surface area contributed by atoms with Crippen LogP contribution in [0.5, 0.6) is 0 Å². The summed E-state index contributed by atoms with van der Waals surface area (Å²) >= 11 is 0. The van der Waals surface area contributed by atoms with Crippen molar-refractivity contribution in [2.45, 2.75) is 31.7 Å². The molecule has 0 radical (unpaired) electrons. The van der Waals surface area contributed by atoms with E-state index in [9.17, 15) is 4.79 Å². The van der Waals surface area contributed by atoms with Crippen LogP contribution in [0.3, 0.4) is 0 Å². The molecule has 0 saturated heterocycles. The third-order valence-corrected chi connectivity index (χ3v) is 2.15. The molecule has 4 nitrogen and oxygen atoms in total. The van der Waals surface area contributed by atoms with E-state index in [0.29, 0.717) is 13.0 Å².